The van der Waals surface area contributed by atoms with Crippen molar-refractivity contribution in [1.82, 2.24) is 19.0 Å². The number of carbonyl (C=O) groups is 1. The molecular weight excluding hydrogens is 334 g/mol. The van der Waals surface area contributed by atoms with Crippen LogP contribution in [0.15, 0.2) is 30.5 Å². The van der Waals surface area contributed by atoms with Crippen molar-refractivity contribution in [1.29, 1.82) is 0 Å². The van der Waals surface area contributed by atoms with Crippen molar-refractivity contribution < 1.29 is 4.79 Å². The van der Waals surface area contributed by atoms with Crippen LogP contribution < -0.4 is 10.6 Å². The number of nitrogens with one attached hydrogen (secondary N) is 2. The predicted octanol–water partition coefficient (Wildman–Crippen LogP) is 3.98. The first-order valence-electron chi connectivity index (χ1n) is 8.34. The zero-order valence-electron chi connectivity index (χ0n) is 14.1. The highest BCUT2D eigenvalue weighted by Crippen LogP contribution is 2.40. The van der Waals surface area contributed by atoms with E-state index in [1.807, 2.05) is 38.1 Å². The summed E-state index contributed by atoms with van der Waals surface area (Å²) in [6.45, 7) is 3.99. The van der Waals surface area contributed by atoms with Crippen LogP contribution in [0.1, 0.15) is 35.7 Å². The van der Waals surface area contributed by atoms with Crippen LogP contribution in [0.5, 0.6) is 0 Å². The van der Waals surface area contributed by atoms with E-state index in [0.29, 0.717) is 5.92 Å². The maximum absolute atomic E-state index is 12.6. The Morgan fingerprint density at radius 3 is 2.84 bits per heavy atom. The van der Waals surface area contributed by atoms with Crippen LogP contribution in [0, 0.1) is 19.8 Å². The first-order chi connectivity index (χ1) is 12.1. The number of pyridine rings is 1. The Hall–Kier alpha value is -2.54. The lowest BCUT2D eigenvalue weighted by Gasteiger charge is -2.19. The van der Waals surface area contributed by atoms with Gasteiger partial charge in [-0.3, -0.25) is 4.98 Å². The fraction of sp³-hybridized carbons (Fsp3) is 0.333. The lowest BCUT2D eigenvalue weighted by Crippen LogP contribution is -2.34. The minimum atomic E-state index is -0.233. The van der Waals surface area contributed by atoms with Gasteiger partial charge >= 0.3 is 6.03 Å². The Morgan fingerprint density at radius 1 is 1.24 bits per heavy atom. The van der Waals surface area contributed by atoms with Gasteiger partial charge in [0, 0.05) is 6.20 Å². The number of urea groups is 1. The second kappa shape index (κ2) is 6.40. The minimum absolute atomic E-state index is 0.0621. The molecule has 2 amide bonds. The summed E-state index contributed by atoms with van der Waals surface area (Å²) in [6.07, 6.45) is 4.03. The number of aryl methyl sites for hydroxylation is 2. The molecule has 1 aliphatic rings. The van der Waals surface area contributed by atoms with Crippen LogP contribution in [0.4, 0.5) is 10.5 Å². The number of hydrogen-bond acceptors (Lipinski definition) is 5. The van der Waals surface area contributed by atoms with Gasteiger partial charge in [-0.05, 0) is 61.9 Å². The summed E-state index contributed by atoms with van der Waals surface area (Å²) in [6, 6.07) is 7.57. The molecule has 7 heteroatoms. The standard InChI is InChI=1S/C18H19N5OS/c1-10-7-8-19-14(9-10)16(12-4-5-12)21-18(24)20-15-11(2)3-6-13-17(15)23-25-22-13/h3,6-9,12,16H,4-5H2,1-2H3,(H2,20,21,24). The fourth-order valence-corrected chi connectivity index (χ4v) is 3.54. The molecule has 1 saturated carbocycles. The second-order valence-electron chi connectivity index (χ2n) is 6.56. The summed E-state index contributed by atoms with van der Waals surface area (Å²) in [4.78, 5) is 17.1. The van der Waals surface area contributed by atoms with E-state index < -0.39 is 0 Å². The van der Waals surface area contributed by atoms with Crippen molar-refractivity contribution in [3.05, 3.63) is 47.3 Å². The average Bonchev–Trinajstić information content (AvgIpc) is 3.32. The van der Waals surface area contributed by atoms with Crippen LogP contribution in [-0.2, 0) is 0 Å². The molecule has 1 aliphatic carbocycles. The SMILES string of the molecule is Cc1ccnc(C(NC(=O)Nc2c(C)ccc3nsnc23)C2CC2)c1. The van der Waals surface area contributed by atoms with E-state index in [0.717, 1.165) is 58.1 Å². The predicted molar refractivity (Wildman–Crippen MR) is 98.7 cm³/mol. The molecule has 0 aliphatic heterocycles. The zero-order valence-corrected chi connectivity index (χ0v) is 14.9. The van der Waals surface area contributed by atoms with Crippen LogP contribution in [0.2, 0.25) is 0 Å². The molecule has 3 aromatic rings. The number of carbonyl (C=O) groups excluding carboxylic acids is 1. The second-order valence-corrected chi connectivity index (χ2v) is 7.09. The number of benzene rings is 1. The monoisotopic (exact) mass is 353 g/mol. The first-order valence-corrected chi connectivity index (χ1v) is 9.07. The summed E-state index contributed by atoms with van der Waals surface area (Å²) in [7, 11) is 0. The van der Waals surface area contributed by atoms with Gasteiger partial charge in [-0.25, -0.2) is 4.79 Å². The van der Waals surface area contributed by atoms with Gasteiger partial charge in [0.25, 0.3) is 0 Å². The Bertz CT molecular complexity index is 934. The molecule has 0 spiro atoms. The molecule has 0 saturated heterocycles. The maximum atomic E-state index is 12.6. The molecule has 1 atom stereocenters. The first kappa shape index (κ1) is 16.0. The number of hydrogen-bond donors (Lipinski definition) is 2. The van der Waals surface area contributed by atoms with Crippen molar-refractivity contribution in [2.75, 3.05) is 5.32 Å². The van der Waals surface area contributed by atoms with Gasteiger partial charge in [-0.2, -0.15) is 8.75 Å². The van der Waals surface area contributed by atoms with Gasteiger partial charge < -0.3 is 10.6 Å². The normalized spacial score (nSPS) is 15.1. The number of anilines is 1. The van der Waals surface area contributed by atoms with Gasteiger partial charge in [-0.1, -0.05) is 6.07 Å². The molecule has 1 fully saturated rings. The quantitative estimate of drug-likeness (QED) is 0.743. The van der Waals surface area contributed by atoms with Crippen molar-refractivity contribution in [2.24, 2.45) is 5.92 Å². The Morgan fingerprint density at radius 2 is 2.08 bits per heavy atom. The molecule has 1 unspecified atom stereocenters. The van der Waals surface area contributed by atoms with Gasteiger partial charge in [0.2, 0.25) is 0 Å². The minimum Gasteiger partial charge on any atom is -0.329 e. The molecular formula is C18H19N5OS. The van der Waals surface area contributed by atoms with Gasteiger partial charge in [0.15, 0.2) is 0 Å². The third kappa shape index (κ3) is 3.32. The van der Waals surface area contributed by atoms with Crippen molar-refractivity contribution in [2.45, 2.75) is 32.7 Å². The molecule has 4 rings (SSSR count). The molecule has 2 N–H and O–H groups in total. The third-order valence-corrected chi connectivity index (χ3v) is 5.05. The molecule has 128 valence electrons. The number of rotatable bonds is 4. The number of fused-ring (bicyclic) bond motifs is 1. The van der Waals surface area contributed by atoms with Crippen molar-refractivity contribution in [3.8, 4) is 0 Å². The summed E-state index contributed by atoms with van der Waals surface area (Å²) < 4.78 is 8.54. The highest BCUT2D eigenvalue weighted by atomic mass is 32.1. The highest BCUT2D eigenvalue weighted by Gasteiger charge is 2.34. The largest absolute Gasteiger partial charge is 0.329 e. The number of nitrogens with zero attached hydrogens (tertiary/aromatic N) is 3. The topological polar surface area (TPSA) is 79.8 Å². The Kier molecular flexibility index (Phi) is 4.09. The van der Waals surface area contributed by atoms with Crippen molar-refractivity contribution >= 4 is 34.5 Å². The molecule has 25 heavy (non-hydrogen) atoms. The maximum Gasteiger partial charge on any atom is 0.319 e. The van der Waals surface area contributed by atoms with E-state index in [1.165, 1.54) is 0 Å². The highest BCUT2D eigenvalue weighted by molar-refractivity contribution is 7.00. The van der Waals surface area contributed by atoms with E-state index in [1.54, 1.807) is 6.20 Å². The Balaban J connectivity index is 1.56. The molecule has 6 nitrogen and oxygen atoms in total. The van der Waals surface area contributed by atoms with Crippen LogP contribution >= 0.6 is 11.7 Å². The van der Waals surface area contributed by atoms with Crippen LogP contribution in [0.3, 0.4) is 0 Å². The third-order valence-electron chi connectivity index (χ3n) is 4.51. The molecule has 2 aromatic heterocycles. The Labute approximate surface area is 150 Å². The summed E-state index contributed by atoms with van der Waals surface area (Å²) >= 11 is 1.15. The summed E-state index contributed by atoms with van der Waals surface area (Å²) in [5, 5.41) is 6.06. The average molecular weight is 353 g/mol. The lowest BCUT2D eigenvalue weighted by atomic mass is 10.1. The van der Waals surface area contributed by atoms with Gasteiger partial charge in [0.05, 0.1) is 29.2 Å². The van der Waals surface area contributed by atoms with Crippen molar-refractivity contribution in [3.63, 3.8) is 0 Å². The summed E-state index contributed by atoms with van der Waals surface area (Å²) in [5.41, 5.74) is 5.28. The van der Waals surface area contributed by atoms with Crippen LogP contribution in [0.25, 0.3) is 11.0 Å². The van der Waals surface area contributed by atoms with E-state index in [-0.39, 0.29) is 12.1 Å². The fourth-order valence-electron chi connectivity index (χ4n) is 2.99. The van der Waals surface area contributed by atoms with Gasteiger partial charge in [-0.15, -0.1) is 0 Å². The van der Waals surface area contributed by atoms with Crippen LogP contribution in [-0.4, -0.2) is 19.8 Å². The van der Waals surface area contributed by atoms with E-state index in [4.69, 9.17) is 0 Å². The zero-order chi connectivity index (χ0) is 17.4. The van der Waals surface area contributed by atoms with E-state index in [9.17, 15) is 4.79 Å². The summed E-state index contributed by atoms with van der Waals surface area (Å²) in [5.74, 6) is 0.456. The molecule has 0 radical (unpaired) electrons. The number of aromatic nitrogens is 3. The molecule has 1 aromatic carbocycles. The molecule has 2 heterocycles. The van der Waals surface area contributed by atoms with Gasteiger partial charge in [0.1, 0.15) is 11.0 Å². The van der Waals surface area contributed by atoms with E-state index >= 15 is 0 Å². The number of amides is 2. The molecule has 0 bridgehead atoms. The van der Waals surface area contributed by atoms with E-state index in [2.05, 4.69) is 24.4 Å². The lowest BCUT2D eigenvalue weighted by molar-refractivity contribution is 0.246. The smallest absolute Gasteiger partial charge is 0.319 e.